The molecule has 62 valence electrons. The smallest absolute Gasteiger partial charge is 0.211 e. The minimum atomic E-state index is 0.627. The molecular formula is C8H5Br2NO. The maximum atomic E-state index is 9.94. The molecule has 0 N–H and O–H groups in total. The monoisotopic (exact) mass is 289 g/mol. The van der Waals surface area contributed by atoms with E-state index in [4.69, 9.17) is 0 Å². The van der Waals surface area contributed by atoms with Crippen LogP contribution in [0.1, 0.15) is 5.56 Å². The second kappa shape index (κ2) is 4.55. The second-order valence-corrected chi connectivity index (χ2v) is 3.53. The molecule has 0 radical (unpaired) electrons. The first-order valence-electron chi connectivity index (χ1n) is 3.20. The summed E-state index contributed by atoms with van der Waals surface area (Å²) < 4.78 is 1.00. The molecule has 1 rings (SSSR count). The molecule has 1 aromatic rings. The molecule has 0 bridgehead atoms. The molecule has 0 aliphatic heterocycles. The number of carbonyl (C=O) groups excluding carboxylic acids is 1. The van der Waals surface area contributed by atoms with Crippen molar-refractivity contribution in [1.29, 1.82) is 0 Å². The highest BCUT2D eigenvalue weighted by Gasteiger charge is 1.98. The SMILES string of the molecule is O=C=Nc1ccc(Br)c(CBr)c1. The number of nitrogens with zero attached hydrogens (tertiary/aromatic N) is 1. The summed E-state index contributed by atoms with van der Waals surface area (Å²) in [5.41, 5.74) is 1.69. The largest absolute Gasteiger partial charge is 0.240 e. The summed E-state index contributed by atoms with van der Waals surface area (Å²) in [5.74, 6) is 0. The Bertz CT molecular complexity index is 332. The number of isocyanates is 1. The van der Waals surface area contributed by atoms with Crippen molar-refractivity contribution in [2.45, 2.75) is 5.33 Å². The van der Waals surface area contributed by atoms with Gasteiger partial charge in [-0.1, -0.05) is 31.9 Å². The van der Waals surface area contributed by atoms with Crippen LogP contribution in [0.4, 0.5) is 5.69 Å². The minimum Gasteiger partial charge on any atom is -0.211 e. The fourth-order valence-corrected chi connectivity index (χ4v) is 2.01. The van der Waals surface area contributed by atoms with Crippen LogP contribution in [0.25, 0.3) is 0 Å². The molecule has 0 unspecified atom stereocenters. The third-order valence-electron chi connectivity index (χ3n) is 1.35. The molecule has 12 heavy (non-hydrogen) atoms. The number of hydrogen-bond donors (Lipinski definition) is 0. The van der Waals surface area contributed by atoms with Gasteiger partial charge in [-0.15, -0.1) is 0 Å². The zero-order valence-corrected chi connectivity index (χ0v) is 9.22. The van der Waals surface area contributed by atoms with Crippen LogP contribution >= 0.6 is 31.9 Å². The van der Waals surface area contributed by atoms with E-state index in [0.29, 0.717) is 5.69 Å². The lowest BCUT2D eigenvalue weighted by Crippen LogP contribution is -1.78. The maximum absolute atomic E-state index is 9.94. The molecule has 0 atom stereocenters. The van der Waals surface area contributed by atoms with Crippen LogP contribution in [0.5, 0.6) is 0 Å². The van der Waals surface area contributed by atoms with Crippen LogP contribution in [0.15, 0.2) is 27.7 Å². The standard InChI is InChI=1S/C8H5Br2NO/c9-4-6-3-7(11-5-12)1-2-8(6)10/h1-3H,4H2. The highest BCUT2D eigenvalue weighted by Crippen LogP contribution is 2.24. The summed E-state index contributed by atoms with van der Waals surface area (Å²) >= 11 is 6.69. The van der Waals surface area contributed by atoms with E-state index in [1.807, 2.05) is 12.1 Å². The highest BCUT2D eigenvalue weighted by atomic mass is 79.9. The molecule has 2 nitrogen and oxygen atoms in total. The lowest BCUT2D eigenvalue weighted by Gasteiger charge is -1.99. The van der Waals surface area contributed by atoms with Gasteiger partial charge in [-0.05, 0) is 23.8 Å². The molecule has 4 heteroatoms. The predicted octanol–water partition coefficient (Wildman–Crippen LogP) is 3.31. The molecule has 0 fully saturated rings. The van der Waals surface area contributed by atoms with Crippen LogP contribution in [-0.2, 0) is 10.1 Å². The molecule has 0 heterocycles. The fourth-order valence-electron chi connectivity index (χ4n) is 0.786. The van der Waals surface area contributed by atoms with Crippen molar-refractivity contribution in [3.8, 4) is 0 Å². The lowest BCUT2D eigenvalue weighted by molar-refractivity contribution is 0.565. The number of halogens is 2. The first kappa shape index (κ1) is 9.65. The Balaban J connectivity index is 3.13. The average molecular weight is 291 g/mol. The van der Waals surface area contributed by atoms with E-state index in [0.717, 1.165) is 15.4 Å². The number of rotatable bonds is 2. The summed E-state index contributed by atoms with van der Waals surface area (Å²) in [6.07, 6.45) is 1.50. The molecule has 0 saturated heterocycles. The molecule has 0 amide bonds. The summed E-state index contributed by atoms with van der Waals surface area (Å²) in [4.78, 5) is 13.5. The van der Waals surface area contributed by atoms with Crippen molar-refractivity contribution in [2.75, 3.05) is 0 Å². The van der Waals surface area contributed by atoms with Gasteiger partial charge in [0, 0.05) is 9.80 Å². The summed E-state index contributed by atoms with van der Waals surface area (Å²) in [5, 5.41) is 0.732. The van der Waals surface area contributed by atoms with Gasteiger partial charge in [0.1, 0.15) is 0 Å². The normalized spacial score (nSPS) is 9.17. The molecule has 0 aliphatic carbocycles. The quantitative estimate of drug-likeness (QED) is 0.467. The lowest BCUT2D eigenvalue weighted by atomic mass is 10.2. The van der Waals surface area contributed by atoms with Crippen molar-refractivity contribution in [1.82, 2.24) is 0 Å². The Morgan fingerprint density at radius 3 is 2.83 bits per heavy atom. The fraction of sp³-hybridized carbons (Fsp3) is 0.125. The summed E-state index contributed by atoms with van der Waals surface area (Å²) in [7, 11) is 0. The van der Waals surface area contributed by atoms with Gasteiger partial charge in [0.25, 0.3) is 0 Å². The van der Waals surface area contributed by atoms with Crippen molar-refractivity contribution in [2.24, 2.45) is 4.99 Å². The number of alkyl halides is 1. The molecule has 1 aromatic carbocycles. The van der Waals surface area contributed by atoms with E-state index in [1.165, 1.54) is 6.08 Å². The Morgan fingerprint density at radius 2 is 2.25 bits per heavy atom. The summed E-state index contributed by atoms with van der Waals surface area (Å²) in [6, 6.07) is 5.43. The third kappa shape index (κ3) is 2.27. The summed E-state index contributed by atoms with van der Waals surface area (Å²) in [6.45, 7) is 0. The van der Waals surface area contributed by atoms with Gasteiger partial charge in [0.15, 0.2) is 0 Å². The van der Waals surface area contributed by atoms with Crippen LogP contribution < -0.4 is 0 Å². The van der Waals surface area contributed by atoms with E-state index >= 15 is 0 Å². The van der Waals surface area contributed by atoms with Crippen LogP contribution in [0.3, 0.4) is 0 Å². The van der Waals surface area contributed by atoms with Gasteiger partial charge in [-0.2, -0.15) is 4.99 Å². The molecule has 0 aliphatic rings. The number of hydrogen-bond acceptors (Lipinski definition) is 2. The zero-order chi connectivity index (χ0) is 8.97. The van der Waals surface area contributed by atoms with E-state index in [9.17, 15) is 4.79 Å². The Hall–Kier alpha value is -0.440. The van der Waals surface area contributed by atoms with Crippen molar-refractivity contribution >= 4 is 43.6 Å². The Morgan fingerprint density at radius 1 is 1.50 bits per heavy atom. The van der Waals surface area contributed by atoms with E-state index in [1.54, 1.807) is 6.07 Å². The van der Waals surface area contributed by atoms with Gasteiger partial charge in [0.2, 0.25) is 6.08 Å². The zero-order valence-electron chi connectivity index (χ0n) is 6.05. The predicted molar refractivity (Wildman–Crippen MR) is 54.6 cm³/mol. The van der Waals surface area contributed by atoms with Crippen LogP contribution in [0, 0.1) is 0 Å². The highest BCUT2D eigenvalue weighted by molar-refractivity contribution is 9.10. The van der Waals surface area contributed by atoms with Gasteiger partial charge in [0.05, 0.1) is 5.69 Å². The van der Waals surface area contributed by atoms with Gasteiger partial charge in [-0.3, -0.25) is 0 Å². The van der Waals surface area contributed by atoms with Gasteiger partial charge in [-0.25, -0.2) is 4.79 Å². The van der Waals surface area contributed by atoms with Crippen LogP contribution in [-0.4, -0.2) is 6.08 Å². The molecule has 0 spiro atoms. The van der Waals surface area contributed by atoms with Gasteiger partial charge < -0.3 is 0 Å². The topological polar surface area (TPSA) is 29.4 Å². The Labute approximate surface area is 87.0 Å². The van der Waals surface area contributed by atoms with E-state index < -0.39 is 0 Å². The van der Waals surface area contributed by atoms with Crippen molar-refractivity contribution in [3.05, 3.63) is 28.2 Å². The van der Waals surface area contributed by atoms with Gasteiger partial charge >= 0.3 is 0 Å². The minimum absolute atomic E-state index is 0.627. The van der Waals surface area contributed by atoms with E-state index in [2.05, 4.69) is 36.9 Å². The first-order chi connectivity index (χ1) is 5.77. The number of benzene rings is 1. The molecule has 0 saturated carbocycles. The van der Waals surface area contributed by atoms with Crippen molar-refractivity contribution < 1.29 is 4.79 Å². The number of aliphatic imine (C=N–C) groups is 1. The third-order valence-corrected chi connectivity index (χ3v) is 2.73. The maximum Gasteiger partial charge on any atom is 0.240 e. The first-order valence-corrected chi connectivity index (χ1v) is 5.11. The van der Waals surface area contributed by atoms with E-state index in [-0.39, 0.29) is 0 Å². The second-order valence-electron chi connectivity index (χ2n) is 2.11. The average Bonchev–Trinajstić information content (AvgIpc) is 2.09. The van der Waals surface area contributed by atoms with Crippen molar-refractivity contribution in [3.63, 3.8) is 0 Å². The molecule has 0 aromatic heterocycles. The molecular weight excluding hydrogens is 286 g/mol. The van der Waals surface area contributed by atoms with Crippen LogP contribution in [0.2, 0.25) is 0 Å². The Kier molecular flexibility index (Phi) is 3.66.